The standard InChI is InChI=1S/C25H26FN3O2S/c26-22-10-4-5-11-23(22)27-25(31)29(16-20-12-13-20)18-24(30)28(17-21-9-6-14-32-21)15-19-7-2-1-3-8-19/h1-11,14,20H,12-13,15-18H2,(H,27,31). The molecule has 5 nitrogen and oxygen atoms in total. The van der Waals surface area contributed by atoms with Crippen LogP contribution < -0.4 is 5.32 Å². The average Bonchev–Trinajstić information content (AvgIpc) is 3.47. The van der Waals surface area contributed by atoms with Crippen LogP contribution in [0.1, 0.15) is 23.3 Å². The molecule has 1 fully saturated rings. The summed E-state index contributed by atoms with van der Waals surface area (Å²) in [4.78, 5) is 30.7. The highest BCUT2D eigenvalue weighted by molar-refractivity contribution is 7.09. The van der Waals surface area contributed by atoms with Crippen LogP contribution in [0.15, 0.2) is 72.1 Å². The Morgan fingerprint density at radius 1 is 0.938 bits per heavy atom. The van der Waals surface area contributed by atoms with Gasteiger partial charge in [0.2, 0.25) is 5.91 Å². The molecule has 2 aromatic carbocycles. The number of urea groups is 1. The van der Waals surface area contributed by atoms with Gasteiger partial charge in [0.1, 0.15) is 12.4 Å². The molecule has 0 atom stereocenters. The lowest BCUT2D eigenvalue weighted by Gasteiger charge is -2.28. The van der Waals surface area contributed by atoms with Crippen molar-refractivity contribution in [1.29, 1.82) is 0 Å². The summed E-state index contributed by atoms with van der Waals surface area (Å²) >= 11 is 1.60. The molecule has 0 saturated heterocycles. The minimum atomic E-state index is -0.498. The second-order valence-corrected chi connectivity index (χ2v) is 9.08. The molecular formula is C25H26FN3O2S. The van der Waals surface area contributed by atoms with Crippen molar-refractivity contribution in [3.8, 4) is 0 Å². The van der Waals surface area contributed by atoms with Crippen LogP contribution in [0.5, 0.6) is 0 Å². The highest BCUT2D eigenvalue weighted by Gasteiger charge is 2.29. The molecule has 7 heteroatoms. The van der Waals surface area contributed by atoms with Crippen LogP contribution in [0, 0.1) is 11.7 Å². The van der Waals surface area contributed by atoms with E-state index in [0.29, 0.717) is 25.6 Å². The van der Waals surface area contributed by atoms with Crippen LogP contribution >= 0.6 is 11.3 Å². The van der Waals surface area contributed by atoms with Crippen molar-refractivity contribution in [2.75, 3.05) is 18.4 Å². The van der Waals surface area contributed by atoms with E-state index in [-0.39, 0.29) is 18.1 Å². The highest BCUT2D eigenvalue weighted by Crippen LogP contribution is 2.30. The van der Waals surface area contributed by atoms with Crippen molar-refractivity contribution in [2.45, 2.75) is 25.9 Å². The number of thiophene rings is 1. The predicted octanol–water partition coefficient (Wildman–Crippen LogP) is 5.36. The van der Waals surface area contributed by atoms with E-state index in [1.54, 1.807) is 28.4 Å². The molecule has 0 radical (unpaired) electrons. The van der Waals surface area contributed by atoms with E-state index in [2.05, 4.69) is 5.32 Å². The van der Waals surface area contributed by atoms with Gasteiger partial charge in [-0.15, -0.1) is 11.3 Å². The van der Waals surface area contributed by atoms with Crippen molar-refractivity contribution in [1.82, 2.24) is 9.80 Å². The minimum absolute atomic E-state index is 0.0466. The Morgan fingerprint density at radius 3 is 2.38 bits per heavy atom. The summed E-state index contributed by atoms with van der Waals surface area (Å²) in [7, 11) is 0. The number of nitrogens with one attached hydrogen (secondary N) is 1. The maximum Gasteiger partial charge on any atom is 0.322 e. The minimum Gasteiger partial charge on any atom is -0.332 e. The average molecular weight is 452 g/mol. The van der Waals surface area contributed by atoms with Crippen LogP contribution in [0.25, 0.3) is 0 Å². The van der Waals surface area contributed by atoms with Crippen LogP contribution in [0.3, 0.4) is 0 Å². The van der Waals surface area contributed by atoms with E-state index >= 15 is 0 Å². The summed E-state index contributed by atoms with van der Waals surface area (Å²) < 4.78 is 14.0. The van der Waals surface area contributed by atoms with Crippen LogP contribution in [-0.4, -0.2) is 34.8 Å². The van der Waals surface area contributed by atoms with Crippen LogP contribution in [0.2, 0.25) is 0 Å². The van der Waals surface area contributed by atoms with Gasteiger partial charge in [-0.1, -0.05) is 48.5 Å². The lowest BCUT2D eigenvalue weighted by atomic mass is 10.2. The summed E-state index contributed by atoms with van der Waals surface area (Å²) in [5, 5.41) is 4.61. The molecule has 4 rings (SSSR count). The second-order valence-electron chi connectivity index (χ2n) is 8.05. The summed E-state index contributed by atoms with van der Waals surface area (Å²) in [5.41, 5.74) is 1.15. The Balaban J connectivity index is 1.48. The number of hydrogen-bond donors (Lipinski definition) is 1. The molecule has 1 heterocycles. The third kappa shape index (κ3) is 6.17. The molecule has 166 valence electrons. The van der Waals surface area contributed by atoms with Gasteiger partial charge in [0.25, 0.3) is 0 Å². The zero-order valence-corrected chi connectivity index (χ0v) is 18.6. The summed E-state index contributed by atoms with van der Waals surface area (Å²) in [6.45, 7) is 1.39. The van der Waals surface area contributed by atoms with Crippen molar-refractivity contribution >= 4 is 29.0 Å². The number of carbonyl (C=O) groups is 2. The monoisotopic (exact) mass is 451 g/mol. The van der Waals surface area contributed by atoms with Gasteiger partial charge in [-0.05, 0) is 47.9 Å². The van der Waals surface area contributed by atoms with Gasteiger partial charge in [0.05, 0.1) is 12.2 Å². The topological polar surface area (TPSA) is 52.7 Å². The normalized spacial score (nSPS) is 12.9. The number of hydrogen-bond acceptors (Lipinski definition) is 3. The third-order valence-electron chi connectivity index (χ3n) is 5.40. The van der Waals surface area contributed by atoms with Crippen molar-refractivity contribution in [3.05, 3.63) is 88.4 Å². The predicted molar refractivity (Wildman–Crippen MR) is 125 cm³/mol. The Labute approximate surface area is 191 Å². The van der Waals surface area contributed by atoms with Gasteiger partial charge >= 0.3 is 6.03 Å². The number of rotatable bonds is 9. The zero-order valence-electron chi connectivity index (χ0n) is 17.7. The quantitative estimate of drug-likeness (QED) is 0.476. The molecule has 0 unspecified atom stereocenters. The first-order valence-corrected chi connectivity index (χ1v) is 11.6. The molecule has 32 heavy (non-hydrogen) atoms. The fourth-order valence-corrected chi connectivity index (χ4v) is 4.20. The molecule has 0 bridgehead atoms. The van der Waals surface area contributed by atoms with Crippen molar-refractivity contribution < 1.29 is 14.0 Å². The number of halogens is 1. The first-order chi connectivity index (χ1) is 15.6. The molecular weight excluding hydrogens is 425 g/mol. The van der Waals surface area contributed by atoms with E-state index in [1.165, 1.54) is 17.0 Å². The number of carbonyl (C=O) groups excluding carboxylic acids is 2. The Bertz CT molecular complexity index is 1040. The zero-order chi connectivity index (χ0) is 22.3. The Morgan fingerprint density at radius 2 is 1.69 bits per heavy atom. The SMILES string of the molecule is O=C(CN(CC1CC1)C(=O)Nc1ccccc1F)N(Cc1ccccc1)Cc1cccs1. The molecule has 0 spiro atoms. The first-order valence-electron chi connectivity index (χ1n) is 10.7. The second kappa shape index (κ2) is 10.4. The number of amides is 3. The molecule has 0 aliphatic heterocycles. The fraction of sp³-hybridized carbons (Fsp3) is 0.280. The highest BCUT2D eigenvalue weighted by atomic mass is 32.1. The van der Waals surface area contributed by atoms with Crippen LogP contribution in [-0.2, 0) is 17.9 Å². The van der Waals surface area contributed by atoms with Gasteiger partial charge in [0, 0.05) is 18.0 Å². The van der Waals surface area contributed by atoms with E-state index in [9.17, 15) is 14.0 Å². The fourth-order valence-electron chi connectivity index (χ4n) is 3.48. The molecule has 1 aliphatic rings. The van der Waals surface area contributed by atoms with Crippen molar-refractivity contribution in [2.24, 2.45) is 5.92 Å². The summed E-state index contributed by atoms with van der Waals surface area (Å²) in [6.07, 6.45) is 2.08. The maximum atomic E-state index is 14.0. The first kappa shape index (κ1) is 22.0. The van der Waals surface area contributed by atoms with Crippen LogP contribution in [0.4, 0.5) is 14.9 Å². The molecule has 1 N–H and O–H groups in total. The Kier molecular flexibility index (Phi) is 7.17. The summed E-state index contributed by atoms with van der Waals surface area (Å²) in [5.74, 6) is -0.234. The maximum absolute atomic E-state index is 14.0. The number of benzene rings is 2. The van der Waals surface area contributed by atoms with E-state index in [1.807, 2.05) is 47.8 Å². The van der Waals surface area contributed by atoms with Gasteiger partial charge in [-0.3, -0.25) is 4.79 Å². The van der Waals surface area contributed by atoms with Crippen molar-refractivity contribution in [3.63, 3.8) is 0 Å². The van der Waals surface area contributed by atoms with E-state index < -0.39 is 11.8 Å². The molecule has 1 saturated carbocycles. The smallest absolute Gasteiger partial charge is 0.322 e. The Hall–Kier alpha value is -3.19. The lowest BCUT2D eigenvalue weighted by Crippen LogP contribution is -2.45. The van der Waals surface area contributed by atoms with E-state index in [0.717, 1.165) is 23.3 Å². The van der Waals surface area contributed by atoms with Gasteiger partial charge in [0.15, 0.2) is 0 Å². The number of anilines is 1. The molecule has 3 aromatic rings. The third-order valence-corrected chi connectivity index (χ3v) is 6.26. The van der Waals surface area contributed by atoms with Gasteiger partial charge < -0.3 is 15.1 Å². The number of nitrogens with zero attached hydrogens (tertiary/aromatic N) is 2. The van der Waals surface area contributed by atoms with Gasteiger partial charge in [-0.2, -0.15) is 0 Å². The largest absolute Gasteiger partial charge is 0.332 e. The molecule has 1 aromatic heterocycles. The molecule has 1 aliphatic carbocycles. The number of para-hydroxylation sites is 1. The van der Waals surface area contributed by atoms with Gasteiger partial charge in [-0.25, -0.2) is 9.18 Å². The van der Waals surface area contributed by atoms with E-state index in [4.69, 9.17) is 0 Å². The summed E-state index contributed by atoms with van der Waals surface area (Å²) in [6, 6.07) is 19.4. The molecule has 3 amide bonds. The lowest BCUT2D eigenvalue weighted by molar-refractivity contribution is -0.133.